The van der Waals surface area contributed by atoms with Gasteiger partial charge in [-0.05, 0) is 31.9 Å². The largest absolute Gasteiger partial charge is 0.416 e. The molecule has 0 aromatic carbocycles. The van der Waals surface area contributed by atoms with Crippen molar-refractivity contribution in [2.75, 3.05) is 32.7 Å². The predicted octanol–water partition coefficient (Wildman–Crippen LogP) is 5.66. The number of allylic oxidation sites excluding steroid dienone is 6. The number of nitrogens with one attached hydrogen (secondary N) is 2. The molecule has 0 aromatic rings. The molecule has 2 rings (SSSR count). The summed E-state index contributed by atoms with van der Waals surface area (Å²) < 4.78 is 71.3. The van der Waals surface area contributed by atoms with Crippen molar-refractivity contribution < 1.29 is 22.0 Å². The van der Waals surface area contributed by atoms with E-state index in [2.05, 4.69) is 22.2 Å². The molecule has 2 aliphatic rings. The van der Waals surface area contributed by atoms with Gasteiger partial charge in [-0.15, -0.1) is 0 Å². The van der Waals surface area contributed by atoms with Crippen LogP contribution < -0.4 is 10.6 Å². The van der Waals surface area contributed by atoms with E-state index in [1.165, 1.54) is 20.0 Å². The van der Waals surface area contributed by atoms with Gasteiger partial charge in [0.05, 0.1) is 22.5 Å². The fourth-order valence-corrected chi connectivity index (χ4v) is 4.00. The normalized spacial score (nSPS) is 20.3. The molecule has 0 aromatic heterocycles. The van der Waals surface area contributed by atoms with E-state index >= 15 is 0 Å². The molecule has 1 aliphatic heterocycles. The van der Waals surface area contributed by atoms with Crippen molar-refractivity contribution in [2.24, 2.45) is 4.99 Å². The Labute approximate surface area is 198 Å². The summed E-state index contributed by atoms with van der Waals surface area (Å²) in [6.45, 7) is 9.88. The Kier molecular flexibility index (Phi) is 10.3. The van der Waals surface area contributed by atoms with E-state index in [4.69, 9.17) is 0 Å². The lowest BCUT2D eigenvalue weighted by molar-refractivity contribution is -0.0926. The highest BCUT2D eigenvalue weighted by atomic mass is 19.4. The lowest BCUT2D eigenvalue weighted by Gasteiger charge is -2.36. The van der Waals surface area contributed by atoms with Crippen molar-refractivity contribution in [1.82, 2.24) is 15.5 Å². The minimum Gasteiger partial charge on any atom is -0.380 e. The predicted molar refractivity (Wildman–Crippen MR) is 128 cm³/mol. The second-order valence-electron chi connectivity index (χ2n) is 7.99. The Balaban J connectivity index is 2.60. The van der Waals surface area contributed by atoms with E-state index in [-0.39, 0.29) is 29.9 Å². The molecule has 0 spiro atoms. The monoisotopic (exact) mass is 484 g/mol. The van der Waals surface area contributed by atoms with Crippen molar-refractivity contribution in [1.29, 1.82) is 0 Å². The van der Waals surface area contributed by atoms with Gasteiger partial charge in [-0.2, -0.15) is 13.2 Å². The SMILES string of the molecule is C=C/N=C1/C=C(CNC(=C/C)/C(=C(\C(=C(/C)CC)C(F)(F)F)C(F)F)N2CCNCC2)C=CC1. The molecule has 9 heteroatoms. The Hall–Kier alpha value is -2.68. The van der Waals surface area contributed by atoms with Crippen molar-refractivity contribution in [3.63, 3.8) is 0 Å². The zero-order valence-corrected chi connectivity index (χ0v) is 19.9. The average molecular weight is 485 g/mol. The molecule has 1 aliphatic carbocycles. The minimum atomic E-state index is -4.91. The minimum absolute atomic E-state index is 0.0155. The molecule has 2 N–H and O–H groups in total. The summed E-state index contributed by atoms with van der Waals surface area (Å²) in [5, 5.41) is 6.24. The number of halogens is 5. The topological polar surface area (TPSA) is 39.7 Å². The van der Waals surface area contributed by atoms with Crippen LogP contribution in [0.25, 0.3) is 0 Å². The molecular formula is C25H33F5N4. The summed E-state index contributed by atoms with van der Waals surface area (Å²) in [6.07, 6.45) is 1.09. The maximum absolute atomic E-state index is 14.5. The number of aliphatic imine (C=N–C) groups is 1. The Morgan fingerprint density at radius 2 is 1.97 bits per heavy atom. The summed E-state index contributed by atoms with van der Waals surface area (Å²) in [4.78, 5) is 5.79. The number of alkyl halides is 5. The molecule has 0 amide bonds. The number of nitrogens with zero attached hydrogens (tertiary/aromatic N) is 2. The first-order valence-corrected chi connectivity index (χ1v) is 11.3. The van der Waals surface area contributed by atoms with E-state index in [9.17, 15) is 22.0 Å². The molecule has 1 fully saturated rings. The zero-order chi connectivity index (χ0) is 25.3. The summed E-state index contributed by atoms with van der Waals surface area (Å²) in [5.74, 6) is 0. The summed E-state index contributed by atoms with van der Waals surface area (Å²) in [7, 11) is 0. The second kappa shape index (κ2) is 12.7. The van der Waals surface area contributed by atoms with Gasteiger partial charge in [-0.25, -0.2) is 8.78 Å². The Morgan fingerprint density at radius 3 is 2.50 bits per heavy atom. The number of piperazine rings is 1. The van der Waals surface area contributed by atoms with Crippen LogP contribution in [0.4, 0.5) is 22.0 Å². The van der Waals surface area contributed by atoms with Gasteiger partial charge in [-0.3, -0.25) is 4.99 Å². The molecule has 0 atom stereocenters. The zero-order valence-electron chi connectivity index (χ0n) is 19.9. The van der Waals surface area contributed by atoms with Crippen molar-refractivity contribution >= 4 is 5.71 Å². The van der Waals surface area contributed by atoms with Gasteiger partial charge in [0.2, 0.25) is 0 Å². The lowest BCUT2D eigenvalue weighted by Crippen LogP contribution is -2.45. The van der Waals surface area contributed by atoms with Crippen molar-refractivity contribution in [3.05, 3.63) is 70.8 Å². The average Bonchev–Trinajstić information content (AvgIpc) is 2.80. The molecule has 0 saturated carbocycles. The molecule has 1 heterocycles. The second-order valence-corrected chi connectivity index (χ2v) is 7.99. The number of rotatable bonds is 9. The molecule has 0 bridgehead atoms. The summed E-state index contributed by atoms with van der Waals surface area (Å²) >= 11 is 0. The summed E-state index contributed by atoms with van der Waals surface area (Å²) in [5.41, 5.74) is -0.559. The number of hydrogen-bond donors (Lipinski definition) is 2. The van der Waals surface area contributed by atoms with Crippen LogP contribution in [0.2, 0.25) is 0 Å². The first-order valence-electron chi connectivity index (χ1n) is 11.3. The van der Waals surface area contributed by atoms with Gasteiger partial charge in [-0.1, -0.05) is 37.3 Å². The van der Waals surface area contributed by atoms with Crippen LogP contribution >= 0.6 is 0 Å². The first kappa shape index (κ1) is 27.6. The van der Waals surface area contributed by atoms with E-state index in [1.807, 2.05) is 18.2 Å². The molecule has 0 radical (unpaired) electrons. The molecule has 188 valence electrons. The van der Waals surface area contributed by atoms with Gasteiger partial charge in [0.25, 0.3) is 6.43 Å². The van der Waals surface area contributed by atoms with Gasteiger partial charge >= 0.3 is 6.18 Å². The van der Waals surface area contributed by atoms with E-state index in [0.717, 1.165) is 11.3 Å². The standard InChI is InChI=1S/C25H33F5N4/c1-5-17(4)22(25(28,29)30)21(24(26)27)23(34-13-11-31-12-14-34)20(6-2)33-16-18-9-8-10-19(15-18)32-7-3/h6-9,15,24,31,33H,3,5,10-14,16H2,1-2,4H3/b20-6+,22-17-,23-21-,32-19+. The Bertz CT molecular complexity index is 914. The molecule has 0 unspecified atom stereocenters. The van der Waals surface area contributed by atoms with Gasteiger partial charge in [0.15, 0.2) is 0 Å². The van der Waals surface area contributed by atoms with Crippen LogP contribution in [-0.2, 0) is 0 Å². The Morgan fingerprint density at radius 1 is 1.29 bits per heavy atom. The first-order chi connectivity index (χ1) is 16.1. The molecular weight excluding hydrogens is 451 g/mol. The third-order valence-electron chi connectivity index (χ3n) is 5.71. The van der Waals surface area contributed by atoms with E-state index in [0.29, 0.717) is 32.6 Å². The highest BCUT2D eigenvalue weighted by Gasteiger charge is 2.43. The fraction of sp³-hybridized carbons (Fsp3) is 0.480. The van der Waals surface area contributed by atoms with Gasteiger partial charge < -0.3 is 15.5 Å². The lowest BCUT2D eigenvalue weighted by atomic mass is 9.94. The molecule has 1 saturated heterocycles. The maximum Gasteiger partial charge on any atom is 0.416 e. The molecule has 34 heavy (non-hydrogen) atoms. The highest BCUT2D eigenvalue weighted by Crippen LogP contribution is 2.40. The number of hydrogen-bond acceptors (Lipinski definition) is 4. The van der Waals surface area contributed by atoms with Crippen LogP contribution in [0.5, 0.6) is 0 Å². The van der Waals surface area contributed by atoms with Crippen LogP contribution in [0, 0.1) is 0 Å². The van der Waals surface area contributed by atoms with Crippen LogP contribution in [0.1, 0.15) is 33.6 Å². The smallest absolute Gasteiger partial charge is 0.380 e. The van der Waals surface area contributed by atoms with Gasteiger partial charge in [0, 0.05) is 51.1 Å². The van der Waals surface area contributed by atoms with E-state index in [1.54, 1.807) is 17.9 Å². The summed E-state index contributed by atoms with van der Waals surface area (Å²) in [6, 6.07) is 0. The van der Waals surface area contributed by atoms with E-state index < -0.39 is 23.7 Å². The van der Waals surface area contributed by atoms with Crippen molar-refractivity contribution in [2.45, 2.75) is 46.2 Å². The van der Waals surface area contributed by atoms with Gasteiger partial charge in [0.1, 0.15) is 0 Å². The third-order valence-corrected chi connectivity index (χ3v) is 5.71. The quantitative estimate of drug-likeness (QED) is 0.328. The molecule has 4 nitrogen and oxygen atoms in total. The van der Waals surface area contributed by atoms with Crippen molar-refractivity contribution in [3.8, 4) is 0 Å². The van der Waals surface area contributed by atoms with Crippen LogP contribution in [-0.4, -0.2) is 55.9 Å². The highest BCUT2D eigenvalue weighted by molar-refractivity contribution is 5.98. The fourth-order valence-electron chi connectivity index (χ4n) is 4.00. The van der Waals surface area contributed by atoms with Crippen LogP contribution in [0.3, 0.4) is 0 Å². The van der Waals surface area contributed by atoms with Crippen LogP contribution in [0.15, 0.2) is 75.8 Å². The maximum atomic E-state index is 14.5. The third kappa shape index (κ3) is 7.16.